The monoisotopic (exact) mass is 839 g/mol. The molecule has 0 aromatic heterocycles. The molecule has 9 nitrogen and oxygen atoms in total. The largest absolute Gasteiger partial charge is 0.381 e. The lowest BCUT2D eigenvalue weighted by Gasteiger charge is -2.39. The number of ether oxygens (including phenoxy) is 1. The van der Waals surface area contributed by atoms with Crippen LogP contribution < -0.4 is 15.5 Å². The van der Waals surface area contributed by atoms with E-state index in [4.69, 9.17) is 4.74 Å². The molecule has 4 aromatic rings. The van der Waals surface area contributed by atoms with Crippen LogP contribution in [0.25, 0.3) is 5.57 Å². The van der Waals surface area contributed by atoms with Crippen LogP contribution in [-0.2, 0) is 19.9 Å². The van der Waals surface area contributed by atoms with Crippen molar-refractivity contribution in [3.63, 3.8) is 0 Å². The number of aryl methyl sites for hydroxylation is 2. The number of carbonyl (C=O) groups excluding carboxylic acids is 3. The van der Waals surface area contributed by atoms with Gasteiger partial charge >= 0.3 is 0 Å². The lowest BCUT2D eigenvalue weighted by Crippen LogP contribution is -2.47. The van der Waals surface area contributed by atoms with Gasteiger partial charge in [0.2, 0.25) is 11.6 Å². The zero-order valence-corrected chi connectivity index (χ0v) is 37.1. The van der Waals surface area contributed by atoms with Gasteiger partial charge in [-0.15, -0.1) is 11.8 Å². The number of allylic oxidation sites excluding steroid dienone is 1. The van der Waals surface area contributed by atoms with E-state index in [0.717, 1.165) is 108 Å². The van der Waals surface area contributed by atoms with Crippen molar-refractivity contribution < 1.29 is 19.1 Å². The SMILES string of the molecule is Cc1ccc(C2=C(CN3CCN(c4ccc(C(=O)NC5(c6ccc(N[C@H](CCN7CCOCC7)CSc7ccccc7)c(C)c6)C(=O)C5=O)cc4)CC3)CC(C)(C)CC2)cc1. The van der Waals surface area contributed by atoms with E-state index in [-0.39, 0.29) is 6.04 Å². The molecular weight excluding hydrogens is 779 g/mol. The summed E-state index contributed by atoms with van der Waals surface area (Å²) in [5.41, 5.74) is 8.27. The van der Waals surface area contributed by atoms with Crippen LogP contribution in [0.4, 0.5) is 11.4 Å². The first-order valence-corrected chi connectivity index (χ1v) is 23.1. The van der Waals surface area contributed by atoms with Crippen molar-refractivity contribution in [3.05, 3.63) is 130 Å². The van der Waals surface area contributed by atoms with Gasteiger partial charge in [0.25, 0.3) is 5.91 Å². The molecule has 320 valence electrons. The van der Waals surface area contributed by atoms with Gasteiger partial charge in [0.15, 0.2) is 5.54 Å². The summed E-state index contributed by atoms with van der Waals surface area (Å²) in [5, 5.41) is 6.61. The van der Waals surface area contributed by atoms with E-state index in [0.29, 0.717) is 16.5 Å². The van der Waals surface area contributed by atoms with E-state index < -0.39 is 23.0 Å². The molecular formula is C51H61N5O4S. The van der Waals surface area contributed by atoms with Crippen LogP contribution in [-0.4, -0.2) is 105 Å². The molecule has 4 aromatic carbocycles. The maximum absolute atomic E-state index is 13.7. The Kier molecular flexibility index (Phi) is 13.2. The van der Waals surface area contributed by atoms with Gasteiger partial charge in [0.05, 0.1) is 13.2 Å². The smallest absolute Gasteiger partial charge is 0.252 e. The fourth-order valence-corrected chi connectivity index (χ4v) is 10.2. The van der Waals surface area contributed by atoms with Crippen molar-refractivity contribution in [2.24, 2.45) is 5.41 Å². The third-order valence-electron chi connectivity index (χ3n) is 13.1. The molecule has 2 saturated heterocycles. The molecule has 2 aliphatic carbocycles. The molecule has 2 N–H and O–H groups in total. The molecule has 4 aliphatic rings. The summed E-state index contributed by atoms with van der Waals surface area (Å²) in [6.07, 6.45) is 4.43. The highest BCUT2D eigenvalue weighted by Gasteiger charge is 2.68. The Labute approximate surface area is 366 Å². The number of carbonyl (C=O) groups is 3. The molecule has 1 amide bonds. The lowest BCUT2D eigenvalue weighted by molar-refractivity contribution is -0.122. The minimum atomic E-state index is -1.66. The summed E-state index contributed by atoms with van der Waals surface area (Å²) in [7, 11) is 0. The van der Waals surface area contributed by atoms with Gasteiger partial charge in [-0.2, -0.15) is 0 Å². The highest BCUT2D eigenvalue weighted by molar-refractivity contribution is 7.99. The van der Waals surface area contributed by atoms with Crippen molar-refractivity contribution in [2.75, 3.05) is 81.5 Å². The van der Waals surface area contributed by atoms with Crippen LogP contribution in [0.1, 0.15) is 72.1 Å². The third-order valence-corrected chi connectivity index (χ3v) is 14.3. The number of nitrogens with one attached hydrogen (secondary N) is 2. The van der Waals surface area contributed by atoms with Crippen molar-refractivity contribution >= 4 is 46.2 Å². The molecule has 3 fully saturated rings. The Morgan fingerprint density at radius 2 is 1.52 bits per heavy atom. The van der Waals surface area contributed by atoms with Gasteiger partial charge in [-0.3, -0.25) is 24.2 Å². The molecule has 0 unspecified atom stereocenters. The van der Waals surface area contributed by atoms with Gasteiger partial charge in [-0.1, -0.05) is 79.6 Å². The molecule has 8 rings (SSSR count). The van der Waals surface area contributed by atoms with Crippen LogP contribution in [0.3, 0.4) is 0 Å². The average Bonchev–Trinajstić information content (AvgIpc) is 3.80. The van der Waals surface area contributed by atoms with Crippen LogP contribution in [0.15, 0.2) is 108 Å². The average molecular weight is 840 g/mol. The number of Topliss-reactive ketones (excluding diaryl/α,β-unsaturated/α-hetero) is 2. The van der Waals surface area contributed by atoms with E-state index >= 15 is 0 Å². The second-order valence-electron chi connectivity index (χ2n) is 18.2. The maximum Gasteiger partial charge on any atom is 0.252 e. The molecule has 2 heterocycles. The third kappa shape index (κ3) is 10.2. The minimum absolute atomic E-state index is 0.187. The molecule has 1 saturated carbocycles. The molecule has 2 aliphatic heterocycles. The second-order valence-corrected chi connectivity index (χ2v) is 19.3. The van der Waals surface area contributed by atoms with Crippen LogP contribution in [0, 0.1) is 19.3 Å². The summed E-state index contributed by atoms with van der Waals surface area (Å²) in [4.78, 5) is 48.5. The summed E-state index contributed by atoms with van der Waals surface area (Å²) in [6.45, 7) is 18.1. The Morgan fingerprint density at radius 3 is 2.20 bits per heavy atom. The van der Waals surface area contributed by atoms with E-state index in [2.05, 4.69) is 94.6 Å². The topological polar surface area (TPSA) is 94.2 Å². The van der Waals surface area contributed by atoms with Gasteiger partial charge in [-0.25, -0.2) is 0 Å². The van der Waals surface area contributed by atoms with Gasteiger partial charge in [0, 0.05) is 86.0 Å². The predicted molar refractivity (Wildman–Crippen MR) is 248 cm³/mol. The number of benzene rings is 4. The zero-order chi connectivity index (χ0) is 42.6. The van der Waals surface area contributed by atoms with Gasteiger partial charge in [-0.05, 0) is 110 Å². The van der Waals surface area contributed by atoms with E-state index in [9.17, 15) is 14.4 Å². The summed E-state index contributed by atoms with van der Waals surface area (Å²) in [5.74, 6) is -0.730. The number of hydrogen-bond donors (Lipinski definition) is 2. The molecule has 0 spiro atoms. The Bertz CT molecular complexity index is 2210. The van der Waals surface area contributed by atoms with Crippen molar-refractivity contribution in [3.8, 4) is 0 Å². The Balaban J connectivity index is 0.885. The minimum Gasteiger partial charge on any atom is -0.381 e. The van der Waals surface area contributed by atoms with Crippen molar-refractivity contribution in [1.82, 2.24) is 15.1 Å². The summed E-state index contributed by atoms with van der Waals surface area (Å²) < 4.78 is 5.56. The van der Waals surface area contributed by atoms with Crippen LogP contribution >= 0.6 is 11.8 Å². The number of morpholine rings is 1. The number of thioether (sulfide) groups is 1. The summed E-state index contributed by atoms with van der Waals surface area (Å²) in [6, 6.07) is 32.8. The van der Waals surface area contributed by atoms with Crippen molar-refractivity contribution in [2.45, 2.75) is 69.9 Å². The molecule has 10 heteroatoms. The lowest BCUT2D eigenvalue weighted by atomic mass is 9.72. The fourth-order valence-electron chi connectivity index (χ4n) is 9.20. The quantitative estimate of drug-likeness (QED) is 0.0699. The van der Waals surface area contributed by atoms with Gasteiger partial charge < -0.3 is 20.3 Å². The highest BCUT2D eigenvalue weighted by atomic mass is 32.2. The van der Waals surface area contributed by atoms with Crippen LogP contribution in [0.2, 0.25) is 0 Å². The number of nitrogens with zero attached hydrogens (tertiary/aromatic N) is 3. The van der Waals surface area contributed by atoms with Crippen molar-refractivity contribution in [1.29, 1.82) is 0 Å². The second kappa shape index (κ2) is 18.7. The fraction of sp³-hybridized carbons (Fsp3) is 0.431. The number of ketones is 2. The first-order valence-electron chi connectivity index (χ1n) is 22.1. The standard InChI is InChI=1S/C51H61N5O4S/c1-36-10-12-38(13-11-36)45-20-22-50(3,4)33-40(45)34-55-24-26-56(27-25-55)43-17-14-39(15-18-43)49(59)53-51(47(57)48(51)58)41-16-19-46(37(2)32-41)52-42(21-23-54-28-30-60-31-29-54)35-61-44-8-6-5-7-9-44/h5-19,32,42,52H,20-31,33-35H2,1-4H3,(H,53,59)/t42-/m1/s1. The first-order chi connectivity index (χ1) is 29.5. The highest BCUT2D eigenvalue weighted by Crippen LogP contribution is 2.43. The number of amides is 1. The van der Waals surface area contributed by atoms with Gasteiger partial charge in [0.1, 0.15) is 0 Å². The number of hydrogen-bond acceptors (Lipinski definition) is 9. The zero-order valence-electron chi connectivity index (χ0n) is 36.3. The number of rotatable bonds is 15. The first kappa shape index (κ1) is 42.9. The molecule has 61 heavy (non-hydrogen) atoms. The molecule has 0 radical (unpaired) electrons. The number of anilines is 2. The summed E-state index contributed by atoms with van der Waals surface area (Å²) >= 11 is 1.83. The van der Waals surface area contributed by atoms with E-state index in [1.807, 2.05) is 49.0 Å². The normalized spacial score (nSPS) is 19.8. The Morgan fingerprint density at radius 1 is 0.820 bits per heavy atom. The van der Waals surface area contributed by atoms with E-state index in [1.165, 1.54) is 28.0 Å². The van der Waals surface area contributed by atoms with Crippen LogP contribution in [0.5, 0.6) is 0 Å². The maximum atomic E-state index is 13.7. The predicted octanol–water partition coefficient (Wildman–Crippen LogP) is 8.16. The Hall–Kier alpha value is -4.74. The molecule has 0 bridgehead atoms. The molecule has 1 atom stereocenters. The number of piperazine rings is 1. The van der Waals surface area contributed by atoms with E-state index in [1.54, 1.807) is 23.8 Å².